The van der Waals surface area contributed by atoms with E-state index in [1.165, 1.54) is 30.4 Å². The highest BCUT2D eigenvalue weighted by Gasteiger charge is 2.29. The summed E-state index contributed by atoms with van der Waals surface area (Å²) in [5, 5.41) is 0. The van der Waals surface area contributed by atoms with Gasteiger partial charge in [0.25, 0.3) is 5.91 Å². The Kier molecular flexibility index (Phi) is 9.23. The molecule has 1 aliphatic heterocycles. The minimum absolute atomic E-state index is 0.122. The Morgan fingerprint density at radius 1 is 0.923 bits per heavy atom. The summed E-state index contributed by atoms with van der Waals surface area (Å²) >= 11 is 0. The second kappa shape index (κ2) is 13.4. The molecule has 0 bridgehead atoms. The van der Waals surface area contributed by atoms with E-state index < -0.39 is 0 Å². The number of furan rings is 1. The molecule has 0 N–H and O–H groups in total. The molecule has 0 saturated carbocycles. The first-order chi connectivity index (χ1) is 19.2. The lowest BCUT2D eigenvalue weighted by Crippen LogP contribution is -2.46. The number of pyridine rings is 1. The predicted octanol–water partition coefficient (Wildman–Crippen LogP) is 7.38. The molecule has 5 heteroatoms. The zero-order valence-electron chi connectivity index (χ0n) is 23.0. The number of benzene rings is 2. The standard InChI is InChI=1S/C34H39N3O2/c1-2-3-4-7-27-9-15-31(16-10-27)34(38)37(32-17-21-36(22-18-32)24-29-19-23-39-26-29)25-28-11-13-30(14-12-28)33-8-5-6-20-35-33/h5-6,8-16,19-20,23,26,32H,2-4,7,17-18,21-22,24-25H2,1H3. The number of nitrogens with zero attached hydrogens (tertiary/aromatic N) is 3. The molecule has 202 valence electrons. The Bertz CT molecular complexity index is 1280. The van der Waals surface area contributed by atoms with Gasteiger partial charge < -0.3 is 9.32 Å². The zero-order chi connectivity index (χ0) is 26.9. The van der Waals surface area contributed by atoms with Crippen LogP contribution in [-0.4, -0.2) is 39.8 Å². The fourth-order valence-corrected chi connectivity index (χ4v) is 5.47. The summed E-state index contributed by atoms with van der Waals surface area (Å²) in [6.45, 7) is 5.66. The zero-order valence-corrected chi connectivity index (χ0v) is 23.0. The first-order valence-electron chi connectivity index (χ1n) is 14.3. The molecule has 2 aromatic heterocycles. The molecule has 1 saturated heterocycles. The number of likely N-dealkylation sites (tertiary alicyclic amines) is 1. The average molecular weight is 522 g/mol. The SMILES string of the molecule is CCCCCc1ccc(C(=O)N(Cc2ccc(-c3ccccn3)cc2)C2CCN(Cc3ccoc3)CC2)cc1. The molecule has 1 aliphatic rings. The van der Waals surface area contributed by atoms with Crippen LogP contribution in [0.3, 0.4) is 0 Å². The number of hydrogen-bond acceptors (Lipinski definition) is 4. The molecule has 39 heavy (non-hydrogen) atoms. The van der Waals surface area contributed by atoms with Gasteiger partial charge in [-0.15, -0.1) is 0 Å². The van der Waals surface area contributed by atoms with Gasteiger partial charge >= 0.3 is 0 Å². The molecule has 0 aliphatic carbocycles. The molecule has 5 rings (SSSR count). The number of hydrogen-bond donors (Lipinski definition) is 0. The van der Waals surface area contributed by atoms with Crippen molar-refractivity contribution in [3.8, 4) is 11.3 Å². The summed E-state index contributed by atoms with van der Waals surface area (Å²) < 4.78 is 5.25. The van der Waals surface area contributed by atoms with Gasteiger partial charge in [0.15, 0.2) is 0 Å². The van der Waals surface area contributed by atoms with Crippen molar-refractivity contribution in [2.75, 3.05) is 13.1 Å². The number of rotatable bonds is 11. The summed E-state index contributed by atoms with van der Waals surface area (Å²) in [5.41, 5.74) is 6.47. The van der Waals surface area contributed by atoms with E-state index in [-0.39, 0.29) is 11.9 Å². The molecular formula is C34H39N3O2. The van der Waals surface area contributed by atoms with Crippen LogP contribution in [0.15, 0.2) is 95.9 Å². The lowest BCUT2D eigenvalue weighted by Gasteiger charge is -2.38. The second-order valence-corrected chi connectivity index (χ2v) is 10.6. The summed E-state index contributed by atoms with van der Waals surface area (Å²) in [6, 6.07) is 25.0. The Labute approximate surface area is 232 Å². The first-order valence-corrected chi connectivity index (χ1v) is 14.3. The third-order valence-corrected chi connectivity index (χ3v) is 7.78. The van der Waals surface area contributed by atoms with E-state index in [1.807, 2.05) is 48.9 Å². The van der Waals surface area contributed by atoms with Crippen molar-refractivity contribution < 1.29 is 9.21 Å². The highest BCUT2D eigenvalue weighted by atomic mass is 16.3. The van der Waals surface area contributed by atoms with Gasteiger partial charge in [0.1, 0.15) is 0 Å². The van der Waals surface area contributed by atoms with Crippen molar-refractivity contribution in [1.29, 1.82) is 0 Å². The van der Waals surface area contributed by atoms with Gasteiger partial charge in [0, 0.05) is 55.1 Å². The van der Waals surface area contributed by atoms with Gasteiger partial charge in [-0.05, 0) is 67.1 Å². The Balaban J connectivity index is 1.30. The van der Waals surface area contributed by atoms with E-state index >= 15 is 0 Å². The summed E-state index contributed by atoms with van der Waals surface area (Å²) in [5.74, 6) is 0.122. The third kappa shape index (κ3) is 7.24. The van der Waals surface area contributed by atoms with E-state index in [1.54, 1.807) is 6.26 Å². The van der Waals surface area contributed by atoms with Gasteiger partial charge in [-0.25, -0.2) is 0 Å². The fourth-order valence-electron chi connectivity index (χ4n) is 5.47. The van der Waals surface area contributed by atoms with Crippen LogP contribution >= 0.6 is 0 Å². The maximum absolute atomic E-state index is 13.9. The number of amides is 1. The van der Waals surface area contributed by atoms with Crippen LogP contribution in [0, 0.1) is 0 Å². The van der Waals surface area contributed by atoms with E-state index in [0.29, 0.717) is 6.54 Å². The molecule has 4 aromatic rings. The number of piperidine rings is 1. The van der Waals surface area contributed by atoms with Crippen molar-refractivity contribution in [2.45, 2.75) is 64.6 Å². The molecule has 0 radical (unpaired) electrons. The molecule has 1 amide bonds. The van der Waals surface area contributed by atoms with Crippen molar-refractivity contribution in [3.05, 3.63) is 114 Å². The molecule has 0 unspecified atom stereocenters. The topological polar surface area (TPSA) is 49.6 Å². The molecule has 2 aromatic carbocycles. The molecule has 5 nitrogen and oxygen atoms in total. The molecule has 0 spiro atoms. The van der Waals surface area contributed by atoms with Gasteiger partial charge in [-0.1, -0.05) is 62.2 Å². The van der Waals surface area contributed by atoms with Crippen molar-refractivity contribution in [2.24, 2.45) is 0 Å². The Hall–Kier alpha value is -3.70. The molecule has 0 atom stereocenters. The monoisotopic (exact) mass is 521 g/mol. The summed E-state index contributed by atoms with van der Waals surface area (Å²) in [4.78, 5) is 23.0. The van der Waals surface area contributed by atoms with E-state index in [0.717, 1.165) is 61.3 Å². The Morgan fingerprint density at radius 3 is 2.36 bits per heavy atom. The average Bonchev–Trinajstić information content (AvgIpc) is 3.50. The number of unbranched alkanes of at least 4 members (excludes halogenated alkanes) is 2. The van der Waals surface area contributed by atoms with Gasteiger partial charge in [0.05, 0.1) is 18.2 Å². The van der Waals surface area contributed by atoms with Crippen molar-refractivity contribution in [1.82, 2.24) is 14.8 Å². The van der Waals surface area contributed by atoms with E-state index in [4.69, 9.17) is 4.42 Å². The van der Waals surface area contributed by atoms with Crippen molar-refractivity contribution in [3.63, 3.8) is 0 Å². The predicted molar refractivity (Wildman–Crippen MR) is 156 cm³/mol. The first kappa shape index (κ1) is 26.9. The molecule has 3 heterocycles. The maximum atomic E-state index is 13.9. The van der Waals surface area contributed by atoms with E-state index in [2.05, 4.69) is 58.1 Å². The van der Waals surface area contributed by atoms with Gasteiger partial charge in [-0.2, -0.15) is 0 Å². The van der Waals surface area contributed by atoms with Crippen molar-refractivity contribution >= 4 is 5.91 Å². The highest BCUT2D eigenvalue weighted by molar-refractivity contribution is 5.94. The number of aryl methyl sites for hydroxylation is 1. The minimum atomic E-state index is 0.122. The van der Waals surface area contributed by atoms with Crippen LogP contribution < -0.4 is 0 Å². The lowest BCUT2D eigenvalue weighted by atomic mass is 9.99. The largest absolute Gasteiger partial charge is 0.472 e. The van der Waals surface area contributed by atoms with Crippen LogP contribution in [0.1, 0.15) is 66.1 Å². The van der Waals surface area contributed by atoms with Crippen LogP contribution in [0.4, 0.5) is 0 Å². The van der Waals surface area contributed by atoms with Gasteiger partial charge in [-0.3, -0.25) is 14.7 Å². The Morgan fingerprint density at radius 2 is 1.69 bits per heavy atom. The number of carbonyl (C=O) groups is 1. The van der Waals surface area contributed by atoms with E-state index in [9.17, 15) is 4.79 Å². The van der Waals surface area contributed by atoms with Crippen LogP contribution in [0.5, 0.6) is 0 Å². The fraction of sp³-hybridized carbons (Fsp3) is 0.353. The van der Waals surface area contributed by atoms with Crippen LogP contribution in [0.25, 0.3) is 11.3 Å². The molecule has 1 fully saturated rings. The lowest BCUT2D eigenvalue weighted by molar-refractivity contribution is 0.0542. The maximum Gasteiger partial charge on any atom is 0.254 e. The smallest absolute Gasteiger partial charge is 0.254 e. The van der Waals surface area contributed by atoms with Crippen LogP contribution in [-0.2, 0) is 19.5 Å². The normalized spacial score (nSPS) is 14.4. The van der Waals surface area contributed by atoms with Crippen LogP contribution in [0.2, 0.25) is 0 Å². The second-order valence-electron chi connectivity index (χ2n) is 10.6. The number of aromatic nitrogens is 1. The van der Waals surface area contributed by atoms with Gasteiger partial charge in [0.2, 0.25) is 0 Å². The highest BCUT2D eigenvalue weighted by Crippen LogP contribution is 2.25. The summed E-state index contributed by atoms with van der Waals surface area (Å²) in [7, 11) is 0. The summed E-state index contributed by atoms with van der Waals surface area (Å²) in [6.07, 6.45) is 12.0. The number of carbonyl (C=O) groups excluding carboxylic acids is 1. The molecular weight excluding hydrogens is 482 g/mol. The minimum Gasteiger partial charge on any atom is -0.472 e. The quantitative estimate of drug-likeness (QED) is 0.193. The third-order valence-electron chi connectivity index (χ3n) is 7.78.